The number of rotatable bonds is 2. The molecule has 21 heavy (non-hydrogen) atoms. The summed E-state index contributed by atoms with van der Waals surface area (Å²) in [5.41, 5.74) is 0. The van der Waals surface area contributed by atoms with Gasteiger partial charge in [0.05, 0.1) is 26.1 Å². The van der Waals surface area contributed by atoms with Gasteiger partial charge in [0.2, 0.25) is 0 Å². The highest BCUT2D eigenvalue weighted by atomic mass is 16.5. The SMILES string of the molecule is COC(=O)C1CCN(C)CC1.COC(=O)C1CCNCC1. The Labute approximate surface area is 127 Å². The van der Waals surface area contributed by atoms with Crippen LogP contribution < -0.4 is 5.32 Å². The first-order chi connectivity index (χ1) is 10.1. The number of hydrogen-bond donors (Lipinski definition) is 1. The van der Waals surface area contributed by atoms with Gasteiger partial charge in [0, 0.05) is 0 Å². The lowest BCUT2D eigenvalue weighted by atomic mass is 9.98. The van der Waals surface area contributed by atoms with Gasteiger partial charge in [-0.25, -0.2) is 0 Å². The Balaban J connectivity index is 0.000000211. The molecule has 0 aliphatic carbocycles. The first-order valence-electron chi connectivity index (χ1n) is 7.63. The van der Waals surface area contributed by atoms with Crippen molar-refractivity contribution in [3.63, 3.8) is 0 Å². The summed E-state index contributed by atoms with van der Waals surface area (Å²) < 4.78 is 9.29. The van der Waals surface area contributed by atoms with Gasteiger partial charge >= 0.3 is 11.9 Å². The van der Waals surface area contributed by atoms with Gasteiger partial charge in [-0.2, -0.15) is 0 Å². The van der Waals surface area contributed by atoms with E-state index >= 15 is 0 Å². The molecule has 1 N–H and O–H groups in total. The zero-order valence-corrected chi connectivity index (χ0v) is 13.4. The highest BCUT2D eigenvalue weighted by Crippen LogP contribution is 2.16. The summed E-state index contributed by atoms with van der Waals surface area (Å²) in [6, 6.07) is 0. The van der Waals surface area contributed by atoms with Crippen molar-refractivity contribution in [1.82, 2.24) is 10.2 Å². The van der Waals surface area contributed by atoms with Crippen molar-refractivity contribution in [3.8, 4) is 0 Å². The third-order valence-corrected chi connectivity index (χ3v) is 4.13. The Morgan fingerprint density at radius 3 is 1.76 bits per heavy atom. The van der Waals surface area contributed by atoms with Crippen LogP contribution in [-0.2, 0) is 19.1 Å². The van der Waals surface area contributed by atoms with Gasteiger partial charge in [-0.05, 0) is 58.9 Å². The molecule has 2 aliphatic heterocycles. The monoisotopic (exact) mass is 300 g/mol. The zero-order chi connectivity index (χ0) is 15.7. The van der Waals surface area contributed by atoms with Gasteiger partial charge in [0.1, 0.15) is 0 Å². The minimum absolute atomic E-state index is 0.0434. The van der Waals surface area contributed by atoms with Crippen LogP contribution in [0.5, 0.6) is 0 Å². The highest BCUT2D eigenvalue weighted by molar-refractivity contribution is 5.72. The van der Waals surface area contributed by atoms with Crippen molar-refractivity contribution in [2.75, 3.05) is 47.4 Å². The summed E-state index contributed by atoms with van der Waals surface area (Å²) in [5, 5.41) is 3.19. The number of hydrogen-bond acceptors (Lipinski definition) is 6. The van der Waals surface area contributed by atoms with Gasteiger partial charge in [-0.3, -0.25) is 9.59 Å². The van der Waals surface area contributed by atoms with E-state index in [1.165, 1.54) is 14.2 Å². The summed E-state index contributed by atoms with van der Waals surface area (Å²) in [4.78, 5) is 24.2. The molecule has 6 nitrogen and oxygen atoms in total. The van der Waals surface area contributed by atoms with Crippen LogP contribution in [0, 0.1) is 11.8 Å². The fourth-order valence-corrected chi connectivity index (χ4v) is 2.64. The Morgan fingerprint density at radius 2 is 1.33 bits per heavy atom. The number of piperidine rings is 2. The standard InChI is InChI=1S/C8H15NO2.C7H13NO2/c1-9-5-3-7(4-6-9)8(10)11-2;1-10-7(9)6-2-4-8-5-3-6/h7H,3-6H2,1-2H3;6,8H,2-5H2,1H3. The van der Waals surface area contributed by atoms with Gasteiger partial charge < -0.3 is 19.7 Å². The molecule has 2 aliphatic rings. The van der Waals surface area contributed by atoms with Crippen LogP contribution in [-0.4, -0.2) is 64.3 Å². The number of nitrogens with one attached hydrogen (secondary N) is 1. The lowest BCUT2D eigenvalue weighted by molar-refractivity contribution is -0.147. The van der Waals surface area contributed by atoms with Crippen LogP contribution in [0.1, 0.15) is 25.7 Å². The summed E-state index contributed by atoms with van der Waals surface area (Å²) >= 11 is 0. The molecule has 2 rings (SSSR count). The van der Waals surface area contributed by atoms with E-state index in [2.05, 4.69) is 26.7 Å². The second-order valence-electron chi connectivity index (χ2n) is 5.65. The molecule has 0 atom stereocenters. The average Bonchev–Trinajstić information content (AvgIpc) is 2.55. The molecule has 0 spiro atoms. The number of methoxy groups -OCH3 is 2. The molecule has 0 amide bonds. The maximum absolute atomic E-state index is 11.0. The molecule has 0 aromatic carbocycles. The van der Waals surface area contributed by atoms with Gasteiger partial charge in [-0.15, -0.1) is 0 Å². The first kappa shape index (κ1) is 17.9. The number of carbonyl (C=O) groups excluding carboxylic acids is 2. The van der Waals surface area contributed by atoms with Crippen molar-refractivity contribution in [1.29, 1.82) is 0 Å². The van der Waals surface area contributed by atoms with Crippen molar-refractivity contribution in [3.05, 3.63) is 0 Å². The Hall–Kier alpha value is -1.14. The quantitative estimate of drug-likeness (QED) is 0.756. The molecule has 2 heterocycles. The zero-order valence-electron chi connectivity index (χ0n) is 13.4. The Morgan fingerprint density at radius 1 is 0.905 bits per heavy atom. The van der Waals surface area contributed by atoms with E-state index in [1.54, 1.807) is 0 Å². The van der Waals surface area contributed by atoms with Crippen LogP contribution >= 0.6 is 0 Å². The molecule has 0 aromatic heterocycles. The molecule has 0 radical (unpaired) electrons. The number of ether oxygens (including phenoxy) is 2. The van der Waals surface area contributed by atoms with Crippen molar-refractivity contribution in [2.45, 2.75) is 25.7 Å². The summed E-state index contributed by atoms with van der Waals surface area (Å²) in [6.45, 7) is 3.92. The van der Waals surface area contributed by atoms with E-state index < -0.39 is 0 Å². The Kier molecular flexibility index (Phi) is 8.30. The second kappa shape index (κ2) is 9.73. The van der Waals surface area contributed by atoms with Gasteiger partial charge in [0.25, 0.3) is 0 Å². The highest BCUT2D eigenvalue weighted by Gasteiger charge is 2.23. The topological polar surface area (TPSA) is 67.9 Å². The van der Waals surface area contributed by atoms with Gasteiger partial charge in [0.15, 0.2) is 0 Å². The van der Waals surface area contributed by atoms with Crippen LogP contribution in [0.4, 0.5) is 0 Å². The third kappa shape index (κ3) is 6.44. The lowest BCUT2D eigenvalue weighted by Crippen LogP contribution is -2.33. The normalized spacial score (nSPS) is 21.1. The molecular formula is C15H28N2O4. The van der Waals surface area contributed by atoms with E-state index in [0.29, 0.717) is 0 Å². The predicted molar refractivity (Wildman–Crippen MR) is 79.8 cm³/mol. The largest absolute Gasteiger partial charge is 0.469 e. The number of likely N-dealkylation sites (tertiary alicyclic amines) is 1. The maximum atomic E-state index is 11.0. The van der Waals surface area contributed by atoms with E-state index in [1.807, 2.05) is 0 Å². The van der Waals surface area contributed by atoms with E-state index in [0.717, 1.165) is 51.9 Å². The van der Waals surface area contributed by atoms with Crippen molar-refractivity contribution in [2.24, 2.45) is 11.8 Å². The minimum Gasteiger partial charge on any atom is -0.469 e. The number of carbonyl (C=O) groups is 2. The molecule has 2 fully saturated rings. The summed E-state index contributed by atoms with van der Waals surface area (Å²) in [7, 11) is 4.98. The van der Waals surface area contributed by atoms with Crippen LogP contribution in [0.3, 0.4) is 0 Å². The average molecular weight is 300 g/mol. The second-order valence-corrected chi connectivity index (χ2v) is 5.65. The Bertz CT molecular complexity index is 322. The van der Waals surface area contributed by atoms with Gasteiger partial charge in [-0.1, -0.05) is 0 Å². The molecule has 2 saturated heterocycles. The maximum Gasteiger partial charge on any atom is 0.308 e. The molecule has 0 saturated carbocycles. The predicted octanol–water partition coefficient (Wildman–Crippen LogP) is 0.660. The van der Waals surface area contributed by atoms with Crippen LogP contribution in [0.2, 0.25) is 0 Å². The molecule has 0 aromatic rings. The van der Waals surface area contributed by atoms with Crippen molar-refractivity contribution >= 4 is 11.9 Å². The summed E-state index contributed by atoms with van der Waals surface area (Å²) in [5.74, 6) is 0.196. The lowest BCUT2D eigenvalue weighted by Gasteiger charge is -2.26. The van der Waals surface area contributed by atoms with E-state index in [4.69, 9.17) is 0 Å². The third-order valence-electron chi connectivity index (χ3n) is 4.13. The smallest absolute Gasteiger partial charge is 0.308 e. The molecule has 0 unspecified atom stereocenters. The molecule has 6 heteroatoms. The van der Waals surface area contributed by atoms with Crippen molar-refractivity contribution < 1.29 is 19.1 Å². The van der Waals surface area contributed by atoms with E-state index in [9.17, 15) is 9.59 Å². The minimum atomic E-state index is -0.0542. The molecule has 122 valence electrons. The molecular weight excluding hydrogens is 272 g/mol. The number of nitrogens with zero attached hydrogens (tertiary/aromatic N) is 1. The molecule has 0 bridgehead atoms. The van der Waals surface area contributed by atoms with E-state index in [-0.39, 0.29) is 23.8 Å². The van der Waals surface area contributed by atoms with Crippen LogP contribution in [0.15, 0.2) is 0 Å². The summed E-state index contributed by atoms with van der Waals surface area (Å²) in [6.07, 6.45) is 3.74. The fourth-order valence-electron chi connectivity index (χ4n) is 2.64. The first-order valence-corrected chi connectivity index (χ1v) is 7.63. The number of esters is 2. The van der Waals surface area contributed by atoms with Crippen LogP contribution in [0.25, 0.3) is 0 Å². The fraction of sp³-hybridized carbons (Fsp3) is 0.867.